The van der Waals surface area contributed by atoms with Crippen LogP contribution >= 0.6 is 15.9 Å². The molecule has 0 atom stereocenters. The molecule has 0 aliphatic heterocycles. The minimum atomic E-state index is -0.368. The molecule has 0 spiro atoms. The Kier molecular flexibility index (Phi) is 4.52. The van der Waals surface area contributed by atoms with Gasteiger partial charge in [-0.1, -0.05) is 18.2 Å². The smallest absolute Gasteiger partial charge is 0.262 e. The fraction of sp³-hybridized carbons (Fsp3) is 0.0714. The first-order chi connectivity index (χ1) is 9.15. The molecule has 2 aromatic rings. The summed E-state index contributed by atoms with van der Waals surface area (Å²) < 4.78 is 18.6. The highest BCUT2D eigenvalue weighted by molar-refractivity contribution is 9.10. The summed E-state index contributed by atoms with van der Waals surface area (Å²) in [7, 11) is 0. The SMILES string of the molecule is O=C(COc1ccc(F)cc1Br)Nc1ccccc1. The number of nitrogens with one attached hydrogen (secondary N) is 1. The first-order valence-corrected chi connectivity index (χ1v) is 6.37. The molecule has 3 nitrogen and oxygen atoms in total. The second-order valence-corrected chi connectivity index (χ2v) is 4.63. The van der Waals surface area contributed by atoms with Gasteiger partial charge in [-0.15, -0.1) is 0 Å². The molecule has 0 heterocycles. The number of benzene rings is 2. The van der Waals surface area contributed by atoms with Crippen LogP contribution in [0.15, 0.2) is 53.0 Å². The van der Waals surface area contributed by atoms with Gasteiger partial charge in [-0.2, -0.15) is 0 Å². The van der Waals surface area contributed by atoms with E-state index in [1.165, 1.54) is 18.2 Å². The molecule has 0 saturated heterocycles. The number of para-hydroxylation sites is 1. The molecule has 0 radical (unpaired) electrons. The number of hydrogen-bond acceptors (Lipinski definition) is 2. The van der Waals surface area contributed by atoms with E-state index >= 15 is 0 Å². The standard InChI is InChI=1S/C14H11BrFNO2/c15-12-8-10(16)6-7-13(12)19-9-14(18)17-11-4-2-1-3-5-11/h1-8H,9H2,(H,17,18). The Morgan fingerprint density at radius 2 is 1.95 bits per heavy atom. The largest absolute Gasteiger partial charge is 0.483 e. The first kappa shape index (κ1) is 13.5. The van der Waals surface area contributed by atoms with Crippen LogP contribution < -0.4 is 10.1 Å². The van der Waals surface area contributed by atoms with Gasteiger partial charge in [-0.3, -0.25) is 4.79 Å². The Balaban J connectivity index is 1.90. The Hall–Kier alpha value is -1.88. The molecule has 98 valence electrons. The first-order valence-electron chi connectivity index (χ1n) is 5.58. The topological polar surface area (TPSA) is 38.3 Å². The molecule has 1 N–H and O–H groups in total. The Labute approximate surface area is 118 Å². The van der Waals surface area contributed by atoms with Gasteiger partial charge in [0.25, 0.3) is 5.91 Å². The zero-order valence-electron chi connectivity index (χ0n) is 9.90. The van der Waals surface area contributed by atoms with Crippen molar-refractivity contribution in [3.8, 4) is 5.75 Å². The lowest BCUT2D eigenvalue weighted by Gasteiger charge is -2.08. The monoisotopic (exact) mass is 323 g/mol. The fourth-order valence-electron chi connectivity index (χ4n) is 1.45. The van der Waals surface area contributed by atoms with Crippen molar-refractivity contribution in [2.75, 3.05) is 11.9 Å². The van der Waals surface area contributed by atoms with Crippen molar-refractivity contribution >= 4 is 27.5 Å². The van der Waals surface area contributed by atoms with Gasteiger partial charge in [-0.25, -0.2) is 4.39 Å². The van der Waals surface area contributed by atoms with Crippen LogP contribution in [0.2, 0.25) is 0 Å². The lowest BCUT2D eigenvalue weighted by molar-refractivity contribution is -0.118. The van der Waals surface area contributed by atoms with Crippen LogP contribution in [0.4, 0.5) is 10.1 Å². The van der Waals surface area contributed by atoms with Crippen molar-refractivity contribution < 1.29 is 13.9 Å². The third-order valence-electron chi connectivity index (χ3n) is 2.31. The third-order valence-corrected chi connectivity index (χ3v) is 2.93. The molecule has 19 heavy (non-hydrogen) atoms. The lowest BCUT2D eigenvalue weighted by atomic mass is 10.3. The zero-order chi connectivity index (χ0) is 13.7. The molecule has 0 bridgehead atoms. The van der Waals surface area contributed by atoms with Crippen LogP contribution in [0.3, 0.4) is 0 Å². The molecule has 2 aromatic carbocycles. The zero-order valence-corrected chi connectivity index (χ0v) is 11.5. The maximum absolute atomic E-state index is 12.9. The van der Waals surface area contributed by atoms with E-state index in [0.29, 0.717) is 15.9 Å². The minimum absolute atomic E-state index is 0.140. The van der Waals surface area contributed by atoms with E-state index in [1.54, 1.807) is 12.1 Å². The van der Waals surface area contributed by atoms with Crippen molar-refractivity contribution in [2.45, 2.75) is 0 Å². The van der Waals surface area contributed by atoms with E-state index in [-0.39, 0.29) is 18.3 Å². The highest BCUT2D eigenvalue weighted by atomic mass is 79.9. The van der Waals surface area contributed by atoms with Crippen LogP contribution in [0.1, 0.15) is 0 Å². The molecule has 1 amide bonds. The van der Waals surface area contributed by atoms with Gasteiger partial charge in [0.2, 0.25) is 0 Å². The van der Waals surface area contributed by atoms with Crippen molar-refractivity contribution in [1.82, 2.24) is 0 Å². The Bertz CT molecular complexity index is 575. The normalized spacial score (nSPS) is 10.0. The maximum atomic E-state index is 12.9. The summed E-state index contributed by atoms with van der Waals surface area (Å²) in [4.78, 5) is 11.6. The van der Waals surface area contributed by atoms with E-state index in [0.717, 1.165) is 0 Å². The number of carbonyl (C=O) groups is 1. The number of halogens is 2. The number of ether oxygens (including phenoxy) is 1. The number of hydrogen-bond donors (Lipinski definition) is 1. The third kappa shape index (κ3) is 4.06. The maximum Gasteiger partial charge on any atom is 0.262 e. The molecule has 0 unspecified atom stereocenters. The Morgan fingerprint density at radius 3 is 2.63 bits per heavy atom. The fourth-order valence-corrected chi connectivity index (χ4v) is 1.92. The molecular formula is C14H11BrFNO2. The summed E-state index contributed by atoms with van der Waals surface area (Å²) in [5.74, 6) is -0.222. The van der Waals surface area contributed by atoms with Crippen LogP contribution in [-0.2, 0) is 4.79 Å². The van der Waals surface area contributed by atoms with Gasteiger partial charge in [0.1, 0.15) is 11.6 Å². The van der Waals surface area contributed by atoms with Gasteiger partial charge >= 0.3 is 0 Å². The van der Waals surface area contributed by atoms with Crippen LogP contribution in [0, 0.1) is 5.82 Å². The predicted molar refractivity (Wildman–Crippen MR) is 74.7 cm³/mol. The molecule has 0 aromatic heterocycles. The predicted octanol–water partition coefficient (Wildman–Crippen LogP) is 3.61. The van der Waals surface area contributed by atoms with Gasteiger partial charge in [0.15, 0.2) is 6.61 Å². The van der Waals surface area contributed by atoms with Crippen molar-refractivity contribution in [3.63, 3.8) is 0 Å². The van der Waals surface area contributed by atoms with E-state index in [1.807, 2.05) is 18.2 Å². The van der Waals surface area contributed by atoms with E-state index in [2.05, 4.69) is 21.2 Å². The second kappa shape index (κ2) is 6.33. The average molecular weight is 324 g/mol. The highest BCUT2D eigenvalue weighted by Crippen LogP contribution is 2.25. The summed E-state index contributed by atoms with van der Waals surface area (Å²) in [5, 5.41) is 2.69. The van der Waals surface area contributed by atoms with Crippen LogP contribution in [0.5, 0.6) is 5.75 Å². The summed E-state index contributed by atoms with van der Waals surface area (Å²) in [5.41, 5.74) is 0.703. The Morgan fingerprint density at radius 1 is 1.21 bits per heavy atom. The number of rotatable bonds is 4. The molecule has 0 saturated carbocycles. The van der Waals surface area contributed by atoms with Crippen molar-refractivity contribution in [3.05, 3.63) is 58.8 Å². The number of anilines is 1. The molecule has 2 rings (SSSR count). The average Bonchev–Trinajstić information content (AvgIpc) is 2.39. The summed E-state index contributed by atoms with van der Waals surface area (Å²) in [6.07, 6.45) is 0. The summed E-state index contributed by atoms with van der Waals surface area (Å²) in [6, 6.07) is 13.1. The quantitative estimate of drug-likeness (QED) is 0.933. The molecule has 0 aliphatic rings. The molecular weight excluding hydrogens is 313 g/mol. The van der Waals surface area contributed by atoms with Gasteiger partial charge < -0.3 is 10.1 Å². The second-order valence-electron chi connectivity index (χ2n) is 3.78. The molecule has 0 aliphatic carbocycles. The van der Waals surface area contributed by atoms with Crippen LogP contribution in [0.25, 0.3) is 0 Å². The van der Waals surface area contributed by atoms with E-state index < -0.39 is 0 Å². The number of amides is 1. The number of carbonyl (C=O) groups excluding carboxylic acids is 1. The van der Waals surface area contributed by atoms with Gasteiger partial charge in [-0.05, 0) is 46.3 Å². The van der Waals surface area contributed by atoms with E-state index in [9.17, 15) is 9.18 Å². The minimum Gasteiger partial charge on any atom is -0.483 e. The summed E-state index contributed by atoms with van der Waals surface area (Å²) in [6.45, 7) is -0.140. The summed E-state index contributed by atoms with van der Waals surface area (Å²) >= 11 is 3.17. The highest BCUT2D eigenvalue weighted by Gasteiger charge is 2.06. The van der Waals surface area contributed by atoms with Gasteiger partial charge in [0, 0.05) is 5.69 Å². The van der Waals surface area contributed by atoms with E-state index in [4.69, 9.17) is 4.74 Å². The lowest BCUT2D eigenvalue weighted by Crippen LogP contribution is -2.20. The molecule has 0 fully saturated rings. The van der Waals surface area contributed by atoms with Crippen LogP contribution in [-0.4, -0.2) is 12.5 Å². The molecule has 5 heteroatoms. The van der Waals surface area contributed by atoms with Crippen molar-refractivity contribution in [2.24, 2.45) is 0 Å². The van der Waals surface area contributed by atoms with Crippen molar-refractivity contribution in [1.29, 1.82) is 0 Å². The van der Waals surface area contributed by atoms with Gasteiger partial charge in [0.05, 0.1) is 4.47 Å².